The summed E-state index contributed by atoms with van der Waals surface area (Å²) in [5.74, 6) is 0.0937. The second-order valence-corrected chi connectivity index (χ2v) is 10.1. The smallest absolute Gasteiger partial charge is 0.256 e. The first-order valence-corrected chi connectivity index (χ1v) is 12.1. The number of benzene rings is 1. The fourth-order valence-corrected chi connectivity index (χ4v) is 5.02. The highest BCUT2D eigenvalue weighted by molar-refractivity contribution is 7.90. The molecule has 1 fully saturated rings. The zero-order valence-electron chi connectivity index (χ0n) is 17.8. The maximum atomic E-state index is 12.5. The number of hydrogen-bond donors (Lipinski definition) is 1. The van der Waals surface area contributed by atoms with Crippen molar-refractivity contribution in [2.45, 2.75) is 39.1 Å². The highest BCUT2D eigenvalue weighted by atomic mass is 32.2. The second kappa shape index (κ2) is 8.94. The van der Waals surface area contributed by atoms with Crippen LogP contribution in [0.4, 0.5) is 0 Å². The van der Waals surface area contributed by atoms with E-state index in [-0.39, 0.29) is 23.9 Å². The Balaban J connectivity index is 1.30. The van der Waals surface area contributed by atoms with E-state index in [1.54, 1.807) is 23.3 Å². The van der Waals surface area contributed by atoms with Crippen molar-refractivity contribution in [3.63, 3.8) is 0 Å². The highest BCUT2D eigenvalue weighted by Gasteiger charge is 2.25. The van der Waals surface area contributed by atoms with Crippen LogP contribution in [0.1, 0.15) is 25.0 Å². The Morgan fingerprint density at radius 3 is 2.52 bits per heavy atom. The molecule has 0 radical (unpaired) electrons. The van der Waals surface area contributed by atoms with Crippen LogP contribution in [0.15, 0.2) is 52.6 Å². The minimum Gasteiger partial charge on any atom is -0.373 e. The summed E-state index contributed by atoms with van der Waals surface area (Å²) in [6.45, 7) is 7.67. The van der Waals surface area contributed by atoms with E-state index in [0.29, 0.717) is 24.5 Å². The molecule has 1 saturated heterocycles. The van der Waals surface area contributed by atoms with E-state index in [4.69, 9.17) is 4.74 Å². The van der Waals surface area contributed by atoms with Crippen molar-refractivity contribution < 1.29 is 17.9 Å². The molecule has 2 unspecified atom stereocenters. The monoisotopic (exact) mass is 444 g/mol. The number of amidine groups is 1. The number of sulfonamides is 1. The second-order valence-electron chi connectivity index (χ2n) is 8.30. The number of nitrogens with one attached hydrogen (secondary N) is 1. The molecule has 0 spiro atoms. The van der Waals surface area contributed by atoms with Gasteiger partial charge in [-0.25, -0.2) is 8.42 Å². The number of ether oxygens (including phenoxy) is 1. The number of carbonyl (C=O) groups excluding carboxylic acids is 1. The average molecular weight is 445 g/mol. The van der Waals surface area contributed by atoms with Gasteiger partial charge < -0.3 is 15.0 Å². The molecule has 2 atom stereocenters. The SMILES string of the molecule is CC1CN(Cc2ccc(CNC(=O)C3=CN4CCS(=O)(=O)N=C4C=C3)cc2)CC(C)O1. The molecule has 8 nitrogen and oxygen atoms in total. The number of carbonyl (C=O) groups is 1. The van der Waals surface area contributed by atoms with E-state index in [9.17, 15) is 13.2 Å². The quantitative estimate of drug-likeness (QED) is 0.739. The van der Waals surface area contributed by atoms with Crippen LogP contribution in [0, 0.1) is 0 Å². The summed E-state index contributed by atoms with van der Waals surface area (Å²) >= 11 is 0. The standard InChI is InChI=1S/C22H28N4O4S/c1-16-12-25(13-17(2)30-16)14-19-5-3-18(4-6-19)11-23-22(27)20-7-8-21-24-31(28,29)10-9-26(21)15-20/h3-8,15-17H,9-14H2,1-2H3,(H,23,27). The third-order valence-corrected chi connectivity index (χ3v) is 6.63. The van der Waals surface area contributed by atoms with Crippen molar-refractivity contribution in [2.75, 3.05) is 25.4 Å². The zero-order chi connectivity index (χ0) is 22.0. The van der Waals surface area contributed by atoms with E-state index >= 15 is 0 Å². The first-order chi connectivity index (χ1) is 14.8. The topological polar surface area (TPSA) is 91.3 Å². The molecular formula is C22H28N4O4S. The molecule has 0 saturated carbocycles. The van der Waals surface area contributed by atoms with E-state index in [0.717, 1.165) is 25.2 Å². The molecule has 1 aromatic carbocycles. The predicted octanol–water partition coefficient (Wildman–Crippen LogP) is 1.41. The Bertz CT molecular complexity index is 1020. The Labute approximate surface area is 183 Å². The van der Waals surface area contributed by atoms with Crippen molar-refractivity contribution in [3.8, 4) is 0 Å². The number of hydrogen-bond acceptors (Lipinski definition) is 6. The lowest BCUT2D eigenvalue weighted by Gasteiger charge is -2.35. The van der Waals surface area contributed by atoms with E-state index in [1.165, 1.54) is 5.56 Å². The Morgan fingerprint density at radius 1 is 1.13 bits per heavy atom. The van der Waals surface area contributed by atoms with E-state index in [1.807, 2.05) is 12.1 Å². The molecule has 0 bridgehead atoms. The van der Waals surface area contributed by atoms with Gasteiger partial charge >= 0.3 is 0 Å². The molecule has 3 aliphatic heterocycles. The molecule has 1 N–H and O–H groups in total. The fourth-order valence-electron chi connectivity index (χ4n) is 4.05. The number of amides is 1. The molecule has 0 aliphatic carbocycles. The summed E-state index contributed by atoms with van der Waals surface area (Å²) in [5.41, 5.74) is 2.74. The maximum Gasteiger partial charge on any atom is 0.256 e. The van der Waals surface area contributed by atoms with Gasteiger partial charge in [-0.1, -0.05) is 24.3 Å². The Morgan fingerprint density at radius 2 is 1.81 bits per heavy atom. The van der Waals surface area contributed by atoms with Crippen LogP contribution in [0.25, 0.3) is 0 Å². The summed E-state index contributed by atoms with van der Waals surface area (Å²) in [5, 5.41) is 2.92. The van der Waals surface area contributed by atoms with Crippen LogP contribution >= 0.6 is 0 Å². The van der Waals surface area contributed by atoms with Crippen LogP contribution in [-0.4, -0.2) is 67.6 Å². The number of fused-ring (bicyclic) bond motifs is 1. The van der Waals surface area contributed by atoms with Crippen LogP contribution in [-0.2, 0) is 32.6 Å². The van der Waals surface area contributed by atoms with Crippen LogP contribution in [0.2, 0.25) is 0 Å². The van der Waals surface area contributed by atoms with Gasteiger partial charge in [-0.05, 0) is 37.1 Å². The third-order valence-electron chi connectivity index (χ3n) is 5.46. The predicted molar refractivity (Wildman–Crippen MR) is 119 cm³/mol. The molecule has 0 aromatic heterocycles. The summed E-state index contributed by atoms with van der Waals surface area (Å²) in [4.78, 5) is 16.6. The van der Waals surface area contributed by atoms with Gasteiger partial charge in [-0.2, -0.15) is 0 Å². The van der Waals surface area contributed by atoms with Crippen molar-refractivity contribution in [1.82, 2.24) is 15.1 Å². The number of nitrogens with zero attached hydrogens (tertiary/aromatic N) is 3. The first-order valence-electron chi connectivity index (χ1n) is 10.5. The summed E-state index contributed by atoms with van der Waals surface area (Å²) < 4.78 is 32.7. The summed E-state index contributed by atoms with van der Waals surface area (Å²) in [6.07, 6.45) is 5.30. The van der Waals surface area contributed by atoms with Crippen molar-refractivity contribution >= 4 is 21.8 Å². The van der Waals surface area contributed by atoms with Gasteiger partial charge in [-0.3, -0.25) is 9.69 Å². The molecule has 9 heteroatoms. The molecule has 3 aliphatic rings. The van der Waals surface area contributed by atoms with Crippen molar-refractivity contribution in [3.05, 3.63) is 59.3 Å². The minimum absolute atomic E-state index is 0.0512. The average Bonchev–Trinajstić information content (AvgIpc) is 2.71. The first kappa shape index (κ1) is 21.7. The largest absolute Gasteiger partial charge is 0.373 e. The molecular weight excluding hydrogens is 416 g/mol. The molecule has 1 amide bonds. The van der Waals surface area contributed by atoms with E-state index < -0.39 is 10.0 Å². The lowest BCUT2D eigenvalue weighted by Crippen LogP contribution is -2.44. The Hall–Kier alpha value is -2.49. The van der Waals surface area contributed by atoms with Crippen molar-refractivity contribution in [2.24, 2.45) is 4.40 Å². The maximum absolute atomic E-state index is 12.5. The third kappa shape index (κ3) is 5.61. The van der Waals surface area contributed by atoms with E-state index in [2.05, 4.69) is 40.6 Å². The van der Waals surface area contributed by atoms with Gasteiger partial charge in [0.2, 0.25) is 0 Å². The summed E-state index contributed by atoms with van der Waals surface area (Å²) in [6, 6.07) is 8.27. The lowest BCUT2D eigenvalue weighted by molar-refractivity contribution is -0.117. The van der Waals surface area contributed by atoms with Gasteiger partial charge in [0.15, 0.2) is 0 Å². The number of rotatable bonds is 5. The zero-order valence-corrected chi connectivity index (χ0v) is 18.6. The fraction of sp³-hybridized carbons (Fsp3) is 0.455. The van der Waals surface area contributed by atoms with Crippen molar-refractivity contribution in [1.29, 1.82) is 0 Å². The van der Waals surface area contributed by atoms with Gasteiger partial charge in [0.05, 0.1) is 23.5 Å². The molecule has 1 aromatic rings. The normalized spacial score (nSPS) is 25.4. The number of morpholine rings is 1. The van der Waals surface area contributed by atoms with Crippen LogP contribution < -0.4 is 5.32 Å². The molecule has 3 heterocycles. The molecule has 166 valence electrons. The van der Waals surface area contributed by atoms with Gasteiger partial charge in [0.1, 0.15) is 5.84 Å². The summed E-state index contributed by atoms with van der Waals surface area (Å²) in [7, 11) is -3.40. The highest BCUT2D eigenvalue weighted by Crippen LogP contribution is 2.17. The van der Waals surface area contributed by atoms with Gasteiger partial charge in [0, 0.05) is 38.9 Å². The van der Waals surface area contributed by atoms with Crippen LogP contribution in [0.5, 0.6) is 0 Å². The van der Waals surface area contributed by atoms with Gasteiger partial charge in [0.25, 0.3) is 15.9 Å². The Kier molecular flexibility index (Phi) is 6.27. The molecule has 4 rings (SSSR count). The van der Waals surface area contributed by atoms with Gasteiger partial charge in [-0.15, -0.1) is 4.40 Å². The lowest BCUT2D eigenvalue weighted by atomic mass is 10.1. The minimum atomic E-state index is -3.40. The molecule has 31 heavy (non-hydrogen) atoms. The van der Waals surface area contributed by atoms with Crippen LogP contribution in [0.3, 0.4) is 0 Å².